The van der Waals surface area contributed by atoms with Crippen LogP contribution >= 0.6 is 11.3 Å². The molecule has 0 spiro atoms. The maximum Gasteiger partial charge on any atom is 0.264 e. The number of likely N-dealkylation sites (tertiary alicyclic amines) is 1. The summed E-state index contributed by atoms with van der Waals surface area (Å²) >= 11 is 1.47. The SMILES string of the molecule is CCN(CC)C1CCN(C(=O)c2sc3ncnc(NCc4cccc(OC)c4)c3c2C)C1. The van der Waals surface area contributed by atoms with Crippen LogP contribution < -0.4 is 10.1 Å². The monoisotopic (exact) mass is 453 g/mol. The van der Waals surface area contributed by atoms with Crippen LogP contribution in [0, 0.1) is 6.92 Å². The van der Waals surface area contributed by atoms with Crippen molar-refractivity contribution in [3.05, 3.63) is 46.6 Å². The van der Waals surface area contributed by atoms with Crippen molar-refractivity contribution in [2.45, 2.75) is 39.8 Å². The van der Waals surface area contributed by atoms with Gasteiger partial charge in [-0.2, -0.15) is 0 Å². The molecule has 1 saturated heterocycles. The van der Waals surface area contributed by atoms with E-state index in [1.54, 1.807) is 13.4 Å². The van der Waals surface area contributed by atoms with Crippen molar-refractivity contribution in [1.29, 1.82) is 0 Å². The molecule has 1 aliphatic rings. The standard InChI is InChI=1S/C24H31N5O2S/c1-5-28(6-2)18-10-11-29(14-18)24(30)21-16(3)20-22(26-15-27-23(20)32-21)25-13-17-8-7-9-19(12-17)31-4/h7-9,12,15,18H,5-6,10-11,13-14H2,1-4H3,(H,25,26,27). The zero-order valence-corrected chi connectivity index (χ0v) is 20.0. The number of thiophene rings is 1. The van der Waals surface area contributed by atoms with Crippen molar-refractivity contribution >= 4 is 33.3 Å². The molecule has 2 aromatic heterocycles. The van der Waals surface area contributed by atoms with Crippen LogP contribution in [0.3, 0.4) is 0 Å². The van der Waals surface area contributed by atoms with Crippen LogP contribution in [-0.4, -0.2) is 65.0 Å². The number of anilines is 1. The first kappa shape index (κ1) is 22.5. The van der Waals surface area contributed by atoms with Gasteiger partial charge in [0.15, 0.2) is 0 Å². The molecule has 4 rings (SSSR count). The fourth-order valence-electron chi connectivity index (χ4n) is 4.49. The molecule has 0 bridgehead atoms. The Morgan fingerprint density at radius 3 is 2.88 bits per heavy atom. The number of aromatic nitrogens is 2. The number of nitrogens with one attached hydrogen (secondary N) is 1. The van der Waals surface area contributed by atoms with Crippen LogP contribution in [0.5, 0.6) is 5.75 Å². The number of carbonyl (C=O) groups is 1. The number of benzene rings is 1. The van der Waals surface area contributed by atoms with Gasteiger partial charge in [0.2, 0.25) is 0 Å². The number of fused-ring (bicyclic) bond motifs is 1. The minimum Gasteiger partial charge on any atom is -0.497 e. The number of hydrogen-bond acceptors (Lipinski definition) is 7. The molecule has 0 radical (unpaired) electrons. The Balaban J connectivity index is 1.54. The second-order valence-electron chi connectivity index (χ2n) is 8.08. The Labute approximate surface area is 193 Å². The third-order valence-corrected chi connectivity index (χ3v) is 7.48. The lowest BCUT2D eigenvalue weighted by Crippen LogP contribution is -2.38. The summed E-state index contributed by atoms with van der Waals surface area (Å²) in [5.74, 6) is 1.69. The molecule has 1 N–H and O–H groups in total. The zero-order valence-electron chi connectivity index (χ0n) is 19.2. The smallest absolute Gasteiger partial charge is 0.264 e. The van der Waals surface area contributed by atoms with Crippen LogP contribution in [0.15, 0.2) is 30.6 Å². The Morgan fingerprint density at radius 2 is 2.12 bits per heavy atom. The molecule has 1 amide bonds. The molecule has 1 fully saturated rings. The highest BCUT2D eigenvalue weighted by Gasteiger charge is 2.31. The van der Waals surface area contributed by atoms with Gasteiger partial charge in [-0.25, -0.2) is 9.97 Å². The fraction of sp³-hybridized carbons (Fsp3) is 0.458. The first-order valence-electron chi connectivity index (χ1n) is 11.2. The van der Waals surface area contributed by atoms with Gasteiger partial charge in [0.1, 0.15) is 22.7 Å². The van der Waals surface area contributed by atoms with Crippen LogP contribution in [0.1, 0.15) is 41.1 Å². The Bertz CT molecular complexity index is 1100. The minimum atomic E-state index is 0.110. The quantitative estimate of drug-likeness (QED) is 0.552. The van der Waals surface area contributed by atoms with E-state index >= 15 is 0 Å². The first-order chi connectivity index (χ1) is 15.5. The van der Waals surface area contributed by atoms with Crippen molar-refractivity contribution in [2.24, 2.45) is 0 Å². The van der Waals surface area contributed by atoms with Crippen molar-refractivity contribution in [1.82, 2.24) is 19.8 Å². The lowest BCUT2D eigenvalue weighted by atomic mass is 10.1. The zero-order chi connectivity index (χ0) is 22.7. The summed E-state index contributed by atoms with van der Waals surface area (Å²) < 4.78 is 5.31. The second-order valence-corrected chi connectivity index (χ2v) is 9.08. The first-order valence-corrected chi connectivity index (χ1v) is 12.0. The largest absolute Gasteiger partial charge is 0.497 e. The maximum absolute atomic E-state index is 13.4. The van der Waals surface area contributed by atoms with Gasteiger partial charge in [0, 0.05) is 25.7 Å². The number of likely N-dealkylation sites (N-methyl/N-ethyl adjacent to an activating group) is 1. The van der Waals surface area contributed by atoms with Crippen molar-refractivity contribution < 1.29 is 9.53 Å². The highest BCUT2D eigenvalue weighted by Crippen LogP contribution is 2.35. The summed E-state index contributed by atoms with van der Waals surface area (Å²) in [5, 5.41) is 4.36. The van der Waals surface area contributed by atoms with E-state index in [1.165, 1.54) is 11.3 Å². The number of rotatable bonds is 8. The third kappa shape index (κ3) is 4.42. The third-order valence-electron chi connectivity index (χ3n) is 6.29. The predicted molar refractivity (Wildman–Crippen MR) is 130 cm³/mol. The molecule has 8 heteroatoms. The normalized spacial score (nSPS) is 16.2. The molecule has 3 aromatic rings. The number of hydrogen-bond donors (Lipinski definition) is 1. The highest BCUT2D eigenvalue weighted by atomic mass is 32.1. The van der Waals surface area contributed by atoms with E-state index in [2.05, 4.69) is 34.0 Å². The van der Waals surface area contributed by atoms with E-state index in [1.807, 2.05) is 36.1 Å². The fourth-order valence-corrected chi connectivity index (χ4v) is 5.60. The lowest BCUT2D eigenvalue weighted by Gasteiger charge is -2.26. The topological polar surface area (TPSA) is 70.6 Å². The predicted octanol–water partition coefficient (Wildman–Crippen LogP) is 4.18. The number of ether oxygens (including phenoxy) is 1. The van der Waals surface area contributed by atoms with Crippen molar-refractivity contribution in [3.8, 4) is 5.75 Å². The molecule has 0 aliphatic carbocycles. The molecule has 1 atom stereocenters. The second kappa shape index (κ2) is 9.83. The summed E-state index contributed by atoms with van der Waals surface area (Å²) in [6.07, 6.45) is 2.59. The molecule has 3 heterocycles. The molecule has 1 aliphatic heterocycles. The Kier molecular flexibility index (Phi) is 6.91. The minimum absolute atomic E-state index is 0.110. The summed E-state index contributed by atoms with van der Waals surface area (Å²) in [6, 6.07) is 8.39. The van der Waals surface area contributed by atoms with Gasteiger partial charge in [0.05, 0.1) is 17.4 Å². The van der Waals surface area contributed by atoms with E-state index in [4.69, 9.17) is 4.74 Å². The van der Waals surface area contributed by atoms with Gasteiger partial charge in [-0.05, 0) is 49.7 Å². The molecule has 0 saturated carbocycles. The van der Waals surface area contributed by atoms with Gasteiger partial charge in [-0.1, -0.05) is 26.0 Å². The molecular weight excluding hydrogens is 422 g/mol. The van der Waals surface area contributed by atoms with E-state index in [0.717, 1.165) is 70.4 Å². The van der Waals surface area contributed by atoms with E-state index in [0.29, 0.717) is 12.6 Å². The number of amides is 1. The molecular formula is C24H31N5O2S. The van der Waals surface area contributed by atoms with Crippen LogP contribution in [0.4, 0.5) is 5.82 Å². The van der Waals surface area contributed by atoms with Gasteiger partial charge >= 0.3 is 0 Å². The summed E-state index contributed by atoms with van der Waals surface area (Å²) in [6.45, 7) is 10.6. The molecule has 32 heavy (non-hydrogen) atoms. The molecule has 1 unspecified atom stereocenters. The summed E-state index contributed by atoms with van der Waals surface area (Å²) in [5.41, 5.74) is 2.05. The number of methoxy groups -OCH3 is 1. The van der Waals surface area contributed by atoms with E-state index in [9.17, 15) is 4.79 Å². The van der Waals surface area contributed by atoms with Gasteiger partial charge in [-0.3, -0.25) is 9.69 Å². The average Bonchev–Trinajstić information content (AvgIpc) is 3.44. The Hall–Kier alpha value is -2.71. The highest BCUT2D eigenvalue weighted by molar-refractivity contribution is 7.20. The average molecular weight is 454 g/mol. The molecule has 170 valence electrons. The van der Waals surface area contributed by atoms with Crippen LogP contribution in [-0.2, 0) is 6.54 Å². The number of carbonyl (C=O) groups excluding carboxylic acids is 1. The van der Waals surface area contributed by atoms with E-state index in [-0.39, 0.29) is 5.91 Å². The van der Waals surface area contributed by atoms with Crippen LogP contribution in [0.25, 0.3) is 10.2 Å². The lowest BCUT2D eigenvalue weighted by molar-refractivity contribution is 0.0782. The maximum atomic E-state index is 13.4. The van der Waals surface area contributed by atoms with Gasteiger partial charge in [-0.15, -0.1) is 11.3 Å². The van der Waals surface area contributed by atoms with Gasteiger partial charge < -0.3 is 15.0 Å². The number of aryl methyl sites for hydroxylation is 1. The van der Waals surface area contributed by atoms with Crippen LogP contribution in [0.2, 0.25) is 0 Å². The molecule has 1 aromatic carbocycles. The van der Waals surface area contributed by atoms with Crippen molar-refractivity contribution in [2.75, 3.05) is 38.6 Å². The summed E-state index contributed by atoms with van der Waals surface area (Å²) in [7, 11) is 1.67. The summed E-state index contributed by atoms with van der Waals surface area (Å²) in [4.78, 5) is 28.4. The number of nitrogens with zero attached hydrogens (tertiary/aromatic N) is 4. The van der Waals surface area contributed by atoms with Crippen molar-refractivity contribution in [3.63, 3.8) is 0 Å². The van der Waals surface area contributed by atoms with Gasteiger partial charge in [0.25, 0.3) is 5.91 Å². The Morgan fingerprint density at radius 1 is 1.31 bits per heavy atom. The van der Waals surface area contributed by atoms with E-state index < -0.39 is 0 Å². The molecule has 7 nitrogen and oxygen atoms in total.